The van der Waals surface area contributed by atoms with Crippen LogP contribution in [0.2, 0.25) is 0 Å². The van der Waals surface area contributed by atoms with Crippen LogP contribution in [-0.2, 0) is 4.74 Å². The molecular weight excluding hydrogens is 573 g/mol. The topological polar surface area (TPSA) is 93.1 Å². The predicted molar refractivity (Wildman–Crippen MR) is 164 cm³/mol. The number of rotatable bonds is 12. The molecule has 1 aromatic heterocycles. The first kappa shape index (κ1) is 33.0. The molecule has 0 bridgehead atoms. The van der Waals surface area contributed by atoms with Crippen molar-refractivity contribution in [1.29, 1.82) is 15.8 Å². The van der Waals surface area contributed by atoms with Crippen molar-refractivity contribution in [3.05, 3.63) is 74.2 Å². The zero-order chi connectivity index (χ0) is 31.6. The van der Waals surface area contributed by atoms with Crippen LogP contribution in [0.3, 0.4) is 0 Å². The summed E-state index contributed by atoms with van der Waals surface area (Å²) in [6, 6.07) is 14.4. The molecule has 0 unspecified atom stereocenters. The molecule has 6 nitrogen and oxygen atoms in total. The van der Waals surface area contributed by atoms with E-state index < -0.39 is 34.3 Å². The quantitative estimate of drug-likeness (QED) is 0.224. The Bertz CT molecular complexity index is 1540. The largest absolute Gasteiger partial charge is 0.496 e. The molecule has 2 aromatic rings. The Morgan fingerprint density at radius 2 is 1.58 bits per heavy atom. The molecule has 10 heteroatoms. The number of thiophene rings is 1. The Labute approximate surface area is 254 Å². The Kier molecular flexibility index (Phi) is 11.2. The van der Waals surface area contributed by atoms with Crippen molar-refractivity contribution in [2.75, 3.05) is 25.1 Å². The Balaban J connectivity index is 1.89. The molecule has 0 saturated carbocycles. The molecule has 1 aromatic carbocycles. The van der Waals surface area contributed by atoms with Gasteiger partial charge in [-0.15, -0.1) is 11.3 Å². The molecule has 1 atom stereocenters. The zero-order valence-electron chi connectivity index (χ0n) is 24.6. The van der Waals surface area contributed by atoms with E-state index in [0.29, 0.717) is 4.88 Å². The van der Waals surface area contributed by atoms with Gasteiger partial charge in [0.1, 0.15) is 29.5 Å². The van der Waals surface area contributed by atoms with E-state index >= 15 is 0 Å². The molecule has 0 N–H and O–H groups in total. The van der Waals surface area contributed by atoms with Crippen molar-refractivity contribution >= 4 is 35.3 Å². The van der Waals surface area contributed by atoms with Crippen LogP contribution >= 0.6 is 11.3 Å². The maximum atomic E-state index is 14.1. The van der Waals surface area contributed by atoms with Gasteiger partial charge in [0.15, 0.2) is 11.3 Å². The van der Waals surface area contributed by atoms with Gasteiger partial charge in [0.05, 0.1) is 7.11 Å². The first-order valence-electron chi connectivity index (χ1n) is 13.9. The first-order chi connectivity index (χ1) is 20.6. The number of hydrogen-bond acceptors (Lipinski definition) is 7. The molecule has 0 amide bonds. The highest BCUT2D eigenvalue weighted by Crippen LogP contribution is 2.49. The number of anilines is 1. The van der Waals surface area contributed by atoms with E-state index in [4.69, 9.17) is 9.47 Å². The van der Waals surface area contributed by atoms with Gasteiger partial charge < -0.3 is 14.4 Å². The summed E-state index contributed by atoms with van der Waals surface area (Å²) in [5, 5.41) is 28.0. The van der Waals surface area contributed by atoms with Gasteiger partial charge in [0.2, 0.25) is 5.60 Å². The average Bonchev–Trinajstić information content (AvgIpc) is 3.57. The Morgan fingerprint density at radius 3 is 2.09 bits per heavy atom. The van der Waals surface area contributed by atoms with Gasteiger partial charge in [0, 0.05) is 45.7 Å². The lowest BCUT2D eigenvalue weighted by molar-refractivity contribution is -0.236. The maximum Gasteiger partial charge on any atom is 0.432 e. The van der Waals surface area contributed by atoms with Crippen LogP contribution in [0.25, 0.3) is 18.2 Å². The van der Waals surface area contributed by atoms with E-state index in [9.17, 15) is 29.0 Å². The van der Waals surface area contributed by atoms with Crippen molar-refractivity contribution in [3.8, 4) is 24.0 Å². The Hall–Kier alpha value is -4.46. The number of halogens is 3. The molecule has 0 spiro atoms. The summed E-state index contributed by atoms with van der Waals surface area (Å²) < 4.78 is 53.0. The highest BCUT2D eigenvalue weighted by atomic mass is 32.1. The summed E-state index contributed by atoms with van der Waals surface area (Å²) in [4.78, 5) is 3.87. The van der Waals surface area contributed by atoms with E-state index in [2.05, 4.69) is 24.8 Å². The molecule has 3 rings (SSSR count). The number of unbranched alkanes of at least 4 members (excludes halogenated alkanes) is 2. The lowest BCUT2D eigenvalue weighted by atomic mass is 9.92. The normalized spacial score (nSPS) is 16.7. The number of benzene rings is 1. The van der Waals surface area contributed by atoms with Crippen LogP contribution in [0.5, 0.6) is 5.75 Å². The smallest absolute Gasteiger partial charge is 0.432 e. The van der Waals surface area contributed by atoms with Crippen molar-refractivity contribution in [3.63, 3.8) is 0 Å². The molecule has 0 aliphatic carbocycles. The average molecular weight is 607 g/mol. The molecule has 224 valence electrons. The summed E-state index contributed by atoms with van der Waals surface area (Å²) in [5.41, 5.74) is -2.56. The fourth-order valence-corrected chi connectivity index (χ4v) is 5.34. The molecule has 0 saturated heterocycles. The number of methoxy groups -OCH3 is 1. The monoisotopic (exact) mass is 606 g/mol. The van der Waals surface area contributed by atoms with Crippen molar-refractivity contribution in [2.45, 2.75) is 58.2 Å². The molecule has 43 heavy (non-hydrogen) atoms. The molecule has 0 fully saturated rings. The molecule has 1 aliphatic rings. The summed E-state index contributed by atoms with van der Waals surface area (Å²) in [7, 11) is 1.63. The van der Waals surface area contributed by atoms with Crippen LogP contribution in [0.1, 0.15) is 61.8 Å². The van der Waals surface area contributed by atoms with E-state index in [0.717, 1.165) is 73.7 Å². The second-order valence-corrected chi connectivity index (χ2v) is 11.1. The number of hydrogen-bond donors (Lipinski definition) is 0. The highest BCUT2D eigenvalue weighted by molar-refractivity contribution is 7.13. The molecular formula is C33H33F3N4O2S. The predicted octanol–water partition coefficient (Wildman–Crippen LogP) is 8.82. The standard InChI is InChI=1S/C33H33F3N4O2S/c1-5-7-17-40(18-8-6-2)25-11-9-23(30(19-25)41-4)10-12-26-13-14-27(43-26)15-16-29-28(22-39)31(24(20-37)21-38)42-32(29,3)33(34,35)36/h9-16,19H,5-8,17-18H2,1-4H3/b12-10+,16-15+/t32-/m0/s1. The van der Waals surface area contributed by atoms with E-state index in [1.807, 2.05) is 30.4 Å². The van der Waals surface area contributed by atoms with Gasteiger partial charge in [-0.3, -0.25) is 0 Å². The lowest BCUT2D eigenvalue weighted by Gasteiger charge is -2.28. The molecule has 2 heterocycles. The van der Waals surface area contributed by atoms with E-state index in [1.54, 1.807) is 19.2 Å². The third kappa shape index (κ3) is 7.49. The van der Waals surface area contributed by atoms with Crippen molar-refractivity contribution < 1.29 is 22.6 Å². The van der Waals surface area contributed by atoms with Gasteiger partial charge in [-0.1, -0.05) is 32.8 Å². The SMILES string of the molecule is CCCCN(CCCC)c1ccc(/C=C/c2ccc(/C=C/C3=C(C#N)C(=C(C#N)C#N)O[C@]3(C)C(F)(F)F)s2)c(OC)c1. The first-order valence-corrected chi connectivity index (χ1v) is 14.7. The number of nitriles is 3. The summed E-state index contributed by atoms with van der Waals surface area (Å²) in [6.45, 7) is 7.10. The van der Waals surface area contributed by atoms with Crippen molar-refractivity contribution in [1.82, 2.24) is 0 Å². The van der Waals surface area contributed by atoms with Gasteiger partial charge in [-0.2, -0.15) is 29.0 Å². The summed E-state index contributed by atoms with van der Waals surface area (Å²) in [5.74, 6) is 0.0746. The third-order valence-corrected chi connectivity index (χ3v) is 8.07. The van der Waals surface area contributed by atoms with Crippen LogP contribution < -0.4 is 9.64 Å². The molecule has 0 radical (unpaired) electrons. The fourth-order valence-electron chi connectivity index (χ4n) is 4.52. The van der Waals surface area contributed by atoms with Gasteiger partial charge in [-0.25, -0.2) is 0 Å². The summed E-state index contributed by atoms with van der Waals surface area (Å²) in [6.07, 6.45) is 5.99. The number of alkyl halides is 3. The third-order valence-electron chi connectivity index (χ3n) is 7.05. The number of ether oxygens (including phenoxy) is 2. The maximum absolute atomic E-state index is 14.1. The summed E-state index contributed by atoms with van der Waals surface area (Å²) >= 11 is 1.34. The fraction of sp³-hybridized carbons (Fsp3) is 0.364. The van der Waals surface area contributed by atoms with E-state index in [-0.39, 0.29) is 0 Å². The van der Waals surface area contributed by atoms with Gasteiger partial charge in [0.25, 0.3) is 0 Å². The van der Waals surface area contributed by atoms with Crippen LogP contribution in [0, 0.1) is 34.0 Å². The minimum absolute atomic E-state index is 0.470. The van der Waals surface area contributed by atoms with Crippen molar-refractivity contribution in [2.24, 2.45) is 0 Å². The highest BCUT2D eigenvalue weighted by Gasteiger charge is 2.60. The van der Waals surface area contributed by atoms with Gasteiger partial charge in [-0.05, 0) is 62.3 Å². The van der Waals surface area contributed by atoms with Crippen LogP contribution in [-0.4, -0.2) is 32.0 Å². The minimum atomic E-state index is -4.91. The second kappa shape index (κ2) is 14.6. The molecule has 1 aliphatic heterocycles. The number of allylic oxidation sites excluding steroid dienone is 2. The van der Waals surface area contributed by atoms with Crippen LogP contribution in [0.4, 0.5) is 18.9 Å². The van der Waals surface area contributed by atoms with Crippen LogP contribution in [0.15, 0.2) is 58.9 Å². The van der Waals surface area contributed by atoms with Gasteiger partial charge >= 0.3 is 6.18 Å². The zero-order valence-corrected chi connectivity index (χ0v) is 25.4. The van der Waals surface area contributed by atoms with E-state index in [1.165, 1.54) is 29.6 Å². The lowest BCUT2D eigenvalue weighted by Crippen LogP contribution is -2.43. The second-order valence-electron chi connectivity index (χ2n) is 9.99. The number of nitrogens with zero attached hydrogens (tertiary/aromatic N) is 4. The minimum Gasteiger partial charge on any atom is -0.496 e. The Morgan fingerprint density at radius 1 is 0.977 bits per heavy atom.